The number of methoxy groups -OCH3 is 1. The number of amides is 1. The smallest absolute Gasteiger partial charge is 0.288 e. The van der Waals surface area contributed by atoms with Gasteiger partial charge < -0.3 is 25.4 Å². The summed E-state index contributed by atoms with van der Waals surface area (Å²) in [5, 5.41) is 22.7. The van der Waals surface area contributed by atoms with E-state index in [1.54, 1.807) is 0 Å². The van der Waals surface area contributed by atoms with Crippen molar-refractivity contribution in [1.29, 1.82) is 0 Å². The lowest BCUT2D eigenvalue weighted by molar-refractivity contribution is -0.0666. The first-order valence-electron chi connectivity index (χ1n) is 5.26. The van der Waals surface area contributed by atoms with Crippen molar-refractivity contribution in [2.75, 3.05) is 13.7 Å². The summed E-state index contributed by atoms with van der Waals surface area (Å²) in [7, 11) is 1.40. The first kappa shape index (κ1) is 12.9. The van der Waals surface area contributed by atoms with Crippen molar-refractivity contribution in [2.24, 2.45) is 5.73 Å². The Bertz CT molecular complexity index is 436. The zero-order valence-corrected chi connectivity index (χ0v) is 9.63. The second-order valence-corrected chi connectivity index (χ2v) is 3.85. The number of carbonyl (C=O) groups is 1. The summed E-state index contributed by atoms with van der Waals surface area (Å²) in [6, 6.07) is 0. The lowest BCUT2D eigenvalue weighted by Gasteiger charge is -2.18. The molecule has 0 bridgehead atoms. The standard InChI is InChI=1S/C9H14N4O5/c1-17-6-5(15)4(2-14)18-9(6)13-3-11-8(12-13)7(10)16/h3-6,9,14-15H,2H2,1H3,(H2,10,16)/t4-,5?,6-,9-/m1/s1. The van der Waals surface area contributed by atoms with Gasteiger partial charge in [-0.2, -0.15) is 0 Å². The molecule has 1 aliphatic rings. The third-order valence-electron chi connectivity index (χ3n) is 2.75. The Morgan fingerprint density at radius 3 is 2.94 bits per heavy atom. The van der Waals surface area contributed by atoms with Gasteiger partial charge in [-0.3, -0.25) is 4.79 Å². The molecule has 100 valence electrons. The summed E-state index contributed by atoms with van der Waals surface area (Å²) in [4.78, 5) is 14.6. The second-order valence-electron chi connectivity index (χ2n) is 3.85. The predicted molar refractivity (Wildman–Crippen MR) is 56.3 cm³/mol. The first-order chi connectivity index (χ1) is 8.58. The van der Waals surface area contributed by atoms with Crippen LogP contribution in [0.4, 0.5) is 0 Å². The molecule has 2 heterocycles. The number of ether oxygens (including phenoxy) is 2. The van der Waals surface area contributed by atoms with Gasteiger partial charge in [0.25, 0.3) is 5.91 Å². The normalized spacial score (nSPS) is 31.7. The van der Waals surface area contributed by atoms with E-state index in [0.29, 0.717) is 0 Å². The number of aromatic nitrogens is 3. The summed E-state index contributed by atoms with van der Waals surface area (Å²) < 4.78 is 11.7. The average molecular weight is 258 g/mol. The average Bonchev–Trinajstić information content (AvgIpc) is 2.93. The third-order valence-corrected chi connectivity index (χ3v) is 2.75. The number of hydrogen-bond donors (Lipinski definition) is 3. The number of aliphatic hydroxyl groups is 2. The van der Waals surface area contributed by atoms with E-state index < -0.39 is 30.4 Å². The molecule has 0 saturated carbocycles. The molecule has 18 heavy (non-hydrogen) atoms. The largest absolute Gasteiger partial charge is 0.394 e. The number of nitrogens with two attached hydrogens (primary N) is 1. The molecule has 2 rings (SSSR count). The van der Waals surface area contributed by atoms with Crippen LogP contribution in [-0.2, 0) is 9.47 Å². The molecule has 0 aromatic carbocycles. The number of hydrogen-bond acceptors (Lipinski definition) is 7. The minimum Gasteiger partial charge on any atom is -0.394 e. The van der Waals surface area contributed by atoms with Gasteiger partial charge in [0.15, 0.2) is 6.23 Å². The van der Waals surface area contributed by atoms with Crippen LogP contribution in [0.3, 0.4) is 0 Å². The minimum absolute atomic E-state index is 0.157. The molecule has 1 aromatic heterocycles. The molecule has 4 atom stereocenters. The minimum atomic E-state index is -0.994. The van der Waals surface area contributed by atoms with Crippen LogP contribution in [0.25, 0.3) is 0 Å². The Balaban J connectivity index is 2.23. The summed E-state index contributed by atoms with van der Waals surface area (Å²) in [5.41, 5.74) is 5.03. The van der Waals surface area contributed by atoms with Crippen molar-refractivity contribution >= 4 is 5.91 Å². The van der Waals surface area contributed by atoms with Crippen molar-refractivity contribution in [2.45, 2.75) is 24.5 Å². The molecule has 1 aromatic rings. The lowest BCUT2D eigenvalue weighted by atomic mass is 10.1. The molecule has 1 saturated heterocycles. The zero-order chi connectivity index (χ0) is 13.3. The quantitative estimate of drug-likeness (QED) is 0.550. The molecule has 0 radical (unpaired) electrons. The van der Waals surface area contributed by atoms with Gasteiger partial charge in [0, 0.05) is 7.11 Å². The van der Waals surface area contributed by atoms with E-state index >= 15 is 0 Å². The van der Waals surface area contributed by atoms with Crippen molar-refractivity contribution in [3.8, 4) is 0 Å². The van der Waals surface area contributed by atoms with Gasteiger partial charge in [-0.05, 0) is 0 Å². The Kier molecular flexibility index (Phi) is 3.57. The molecule has 1 fully saturated rings. The topological polar surface area (TPSA) is 133 Å². The summed E-state index contributed by atoms with van der Waals surface area (Å²) in [6.45, 7) is -0.352. The molecule has 0 aliphatic carbocycles. The van der Waals surface area contributed by atoms with Crippen molar-refractivity contribution in [1.82, 2.24) is 14.8 Å². The monoisotopic (exact) mass is 258 g/mol. The highest BCUT2D eigenvalue weighted by atomic mass is 16.6. The molecule has 9 heteroatoms. The highest BCUT2D eigenvalue weighted by Gasteiger charge is 2.45. The van der Waals surface area contributed by atoms with Gasteiger partial charge >= 0.3 is 0 Å². The van der Waals surface area contributed by atoms with E-state index in [9.17, 15) is 9.90 Å². The molecule has 1 aliphatic heterocycles. The number of nitrogens with zero attached hydrogens (tertiary/aromatic N) is 3. The number of carbonyl (C=O) groups excluding carboxylic acids is 1. The first-order valence-corrected chi connectivity index (χ1v) is 5.26. The molecule has 9 nitrogen and oxygen atoms in total. The van der Waals surface area contributed by atoms with E-state index in [-0.39, 0.29) is 12.4 Å². The Morgan fingerprint density at radius 1 is 1.72 bits per heavy atom. The Labute approximate surface area is 102 Å². The fraction of sp³-hybridized carbons (Fsp3) is 0.667. The fourth-order valence-electron chi connectivity index (χ4n) is 1.85. The summed E-state index contributed by atoms with van der Waals surface area (Å²) in [6.07, 6.45) is -2.01. The predicted octanol–water partition coefficient (Wildman–Crippen LogP) is -2.36. The van der Waals surface area contributed by atoms with E-state index in [1.165, 1.54) is 18.1 Å². The maximum atomic E-state index is 10.9. The van der Waals surface area contributed by atoms with Crippen molar-refractivity contribution < 1.29 is 24.5 Å². The number of aliphatic hydroxyl groups excluding tert-OH is 2. The van der Waals surface area contributed by atoms with E-state index in [4.69, 9.17) is 20.3 Å². The van der Waals surface area contributed by atoms with Crippen LogP contribution in [0.5, 0.6) is 0 Å². The molecule has 1 unspecified atom stereocenters. The number of rotatable bonds is 4. The summed E-state index contributed by atoms with van der Waals surface area (Å²) in [5.74, 6) is -0.921. The van der Waals surface area contributed by atoms with Gasteiger partial charge in [-0.25, -0.2) is 9.67 Å². The fourth-order valence-corrected chi connectivity index (χ4v) is 1.85. The SMILES string of the molecule is CO[C@@H]1C(O)[C@@H](CO)O[C@H]1n1cnc(C(N)=O)n1. The summed E-state index contributed by atoms with van der Waals surface area (Å²) >= 11 is 0. The molecule has 4 N–H and O–H groups in total. The van der Waals surface area contributed by atoms with Crippen LogP contribution in [0, 0.1) is 0 Å². The molecular weight excluding hydrogens is 244 g/mol. The van der Waals surface area contributed by atoms with Gasteiger partial charge in [-0.15, -0.1) is 5.10 Å². The highest BCUT2D eigenvalue weighted by Crippen LogP contribution is 2.30. The third kappa shape index (κ3) is 2.08. The molecule has 0 spiro atoms. The van der Waals surface area contributed by atoms with Crippen LogP contribution in [0.2, 0.25) is 0 Å². The highest BCUT2D eigenvalue weighted by molar-refractivity contribution is 5.88. The van der Waals surface area contributed by atoms with Crippen LogP contribution in [0.15, 0.2) is 6.33 Å². The molecule has 1 amide bonds. The van der Waals surface area contributed by atoms with Crippen molar-refractivity contribution in [3.63, 3.8) is 0 Å². The van der Waals surface area contributed by atoms with Gasteiger partial charge in [0.05, 0.1) is 6.61 Å². The van der Waals surface area contributed by atoms with E-state index in [0.717, 1.165) is 0 Å². The second kappa shape index (κ2) is 4.98. The van der Waals surface area contributed by atoms with Crippen LogP contribution < -0.4 is 5.73 Å². The lowest BCUT2D eigenvalue weighted by Crippen LogP contribution is -2.34. The van der Waals surface area contributed by atoms with Gasteiger partial charge in [-0.1, -0.05) is 0 Å². The van der Waals surface area contributed by atoms with Gasteiger partial charge in [0.2, 0.25) is 5.82 Å². The van der Waals surface area contributed by atoms with Crippen LogP contribution in [-0.4, -0.2) is 62.9 Å². The maximum Gasteiger partial charge on any atom is 0.288 e. The van der Waals surface area contributed by atoms with Gasteiger partial charge in [0.1, 0.15) is 24.6 Å². The Hall–Kier alpha value is -1.55. The van der Waals surface area contributed by atoms with Crippen LogP contribution in [0.1, 0.15) is 16.8 Å². The maximum absolute atomic E-state index is 10.9. The van der Waals surface area contributed by atoms with Crippen molar-refractivity contribution in [3.05, 3.63) is 12.2 Å². The van der Waals surface area contributed by atoms with E-state index in [2.05, 4.69) is 10.1 Å². The zero-order valence-electron chi connectivity index (χ0n) is 9.63. The Morgan fingerprint density at radius 2 is 2.44 bits per heavy atom. The van der Waals surface area contributed by atoms with Crippen LogP contribution >= 0.6 is 0 Å². The number of primary amides is 1. The van der Waals surface area contributed by atoms with E-state index in [1.807, 2.05) is 0 Å². The molecular formula is C9H14N4O5.